The number of hydrogen-bond acceptors (Lipinski definition) is 4. The summed E-state index contributed by atoms with van der Waals surface area (Å²) in [6.07, 6.45) is 2.82. The molecule has 21 heavy (non-hydrogen) atoms. The number of amides is 2. The van der Waals surface area contributed by atoms with Crippen LogP contribution in [0.3, 0.4) is 0 Å². The molecule has 0 aromatic heterocycles. The lowest BCUT2D eigenvalue weighted by atomic mass is 9.93. The first-order valence-electron chi connectivity index (χ1n) is 6.66. The monoisotopic (exact) mass is 286 g/mol. The Balaban J connectivity index is 2.01. The van der Waals surface area contributed by atoms with E-state index in [1.165, 1.54) is 12.1 Å². The van der Waals surface area contributed by atoms with Crippen LogP contribution in [0.25, 0.3) is 0 Å². The van der Waals surface area contributed by atoms with Crippen LogP contribution in [0.15, 0.2) is 29.3 Å². The number of carboxylic acid groups (broad SMARTS) is 1. The van der Waals surface area contributed by atoms with Gasteiger partial charge in [0.25, 0.3) is 11.8 Å². The van der Waals surface area contributed by atoms with Crippen molar-refractivity contribution in [3.8, 4) is 5.75 Å². The molecule has 2 aliphatic rings. The highest BCUT2D eigenvalue weighted by atomic mass is 16.4. The molecule has 3 rings (SSSR count). The minimum absolute atomic E-state index is 0.0793. The molecule has 1 N–H and O–H groups in total. The molecule has 0 saturated heterocycles. The lowest BCUT2D eigenvalue weighted by molar-refractivity contribution is -0.267. The lowest BCUT2D eigenvalue weighted by Crippen LogP contribution is -2.32. The fraction of sp³-hybridized carbons (Fsp3) is 0.267. The summed E-state index contributed by atoms with van der Waals surface area (Å²) in [6, 6.07) is 3.37. The Morgan fingerprint density at radius 1 is 1.10 bits per heavy atom. The van der Waals surface area contributed by atoms with E-state index in [4.69, 9.17) is 5.11 Å². The van der Waals surface area contributed by atoms with Crippen molar-refractivity contribution in [1.82, 2.24) is 0 Å². The number of nitrogens with zero attached hydrogens (tertiary/aromatic N) is 1. The average Bonchev–Trinajstić information content (AvgIpc) is 2.72. The van der Waals surface area contributed by atoms with E-state index in [0.717, 1.165) is 23.8 Å². The van der Waals surface area contributed by atoms with Crippen molar-refractivity contribution in [2.24, 2.45) is 0 Å². The Hall–Kier alpha value is -2.63. The molecule has 1 aliphatic heterocycles. The van der Waals surface area contributed by atoms with Crippen molar-refractivity contribution < 1.29 is 24.6 Å². The van der Waals surface area contributed by atoms with Crippen molar-refractivity contribution in [1.29, 1.82) is 0 Å². The third kappa shape index (κ3) is 1.99. The number of benzene rings is 1. The molecule has 6 nitrogen and oxygen atoms in total. The van der Waals surface area contributed by atoms with Crippen molar-refractivity contribution in [3.63, 3.8) is 0 Å². The van der Waals surface area contributed by atoms with Gasteiger partial charge in [-0.15, -0.1) is 0 Å². The highest BCUT2D eigenvalue weighted by molar-refractivity contribution is 6.33. The topological polar surface area (TPSA) is 97.7 Å². The smallest absolute Gasteiger partial charge is 0.335 e. The van der Waals surface area contributed by atoms with E-state index in [-0.39, 0.29) is 11.3 Å². The van der Waals surface area contributed by atoms with Crippen molar-refractivity contribution >= 4 is 23.5 Å². The molecule has 1 heterocycles. The molecule has 6 heteroatoms. The van der Waals surface area contributed by atoms with E-state index in [1.54, 1.807) is 0 Å². The summed E-state index contributed by atoms with van der Waals surface area (Å²) in [5.74, 6) is -2.77. The third-order valence-electron chi connectivity index (χ3n) is 3.84. The van der Waals surface area contributed by atoms with Crippen LogP contribution in [0.5, 0.6) is 5.75 Å². The molecule has 108 valence electrons. The van der Waals surface area contributed by atoms with Crippen LogP contribution in [0, 0.1) is 0 Å². The quantitative estimate of drug-likeness (QED) is 0.824. The van der Waals surface area contributed by atoms with Crippen LogP contribution in [0.1, 0.15) is 36.0 Å². The Morgan fingerprint density at radius 2 is 1.67 bits per heavy atom. The summed E-state index contributed by atoms with van der Waals surface area (Å²) in [7, 11) is 0. The normalized spacial score (nSPS) is 18.2. The zero-order valence-corrected chi connectivity index (χ0v) is 11.1. The Labute approximate surface area is 120 Å². The van der Waals surface area contributed by atoms with Crippen LogP contribution < -0.4 is 10.0 Å². The van der Waals surface area contributed by atoms with Gasteiger partial charge in [-0.3, -0.25) is 9.59 Å². The molecule has 2 amide bonds. The van der Waals surface area contributed by atoms with Gasteiger partial charge in [-0.25, -0.2) is 9.69 Å². The molecule has 0 radical (unpaired) electrons. The molecule has 1 aromatic carbocycles. The number of aromatic carboxylic acids is 1. The second-order valence-electron chi connectivity index (χ2n) is 5.10. The third-order valence-corrected chi connectivity index (χ3v) is 3.84. The predicted molar refractivity (Wildman–Crippen MR) is 70.8 cm³/mol. The molecular weight excluding hydrogens is 274 g/mol. The minimum Gasteiger partial charge on any atom is -0.871 e. The van der Waals surface area contributed by atoms with Gasteiger partial charge in [-0.1, -0.05) is 11.8 Å². The largest absolute Gasteiger partial charge is 0.871 e. The van der Waals surface area contributed by atoms with E-state index in [0.29, 0.717) is 24.0 Å². The number of carbonyl (C=O) groups excluding carboxylic acids is 2. The number of carboxylic acids is 1. The van der Waals surface area contributed by atoms with Gasteiger partial charge in [-0.05, 0) is 37.8 Å². The summed E-state index contributed by atoms with van der Waals surface area (Å²) in [6.45, 7) is 0. The van der Waals surface area contributed by atoms with Crippen LogP contribution in [-0.2, 0) is 9.59 Å². The maximum absolute atomic E-state index is 12.3. The molecule has 0 bridgehead atoms. The molecule has 0 spiro atoms. The first-order chi connectivity index (χ1) is 10.0. The Bertz CT molecular complexity index is 676. The summed E-state index contributed by atoms with van der Waals surface area (Å²) in [5.41, 5.74) is 0.742. The number of hydrogen-bond donors (Lipinski definition) is 1. The lowest BCUT2D eigenvalue weighted by Gasteiger charge is -2.22. The zero-order chi connectivity index (χ0) is 15.1. The minimum atomic E-state index is -1.23. The predicted octanol–water partition coefficient (Wildman–Crippen LogP) is 1.20. The van der Waals surface area contributed by atoms with E-state index >= 15 is 0 Å². The highest BCUT2D eigenvalue weighted by Crippen LogP contribution is 2.38. The molecular formula is C15H12NO5-. The van der Waals surface area contributed by atoms with E-state index in [9.17, 15) is 19.5 Å². The van der Waals surface area contributed by atoms with Gasteiger partial charge in [0.15, 0.2) is 0 Å². The molecule has 1 aliphatic carbocycles. The molecule has 0 fully saturated rings. The second-order valence-corrected chi connectivity index (χ2v) is 5.10. The van der Waals surface area contributed by atoms with Gasteiger partial charge in [0.2, 0.25) is 0 Å². The van der Waals surface area contributed by atoms with Crippen molar-refractivity contribution in [2.75, 3.05) is 4.90 Å². The van der Waals surface area contributed by atoms with Crippen molar-refractivity contribution in [3.05, 3.63) is 34.9 Å². The maximum atomic E-state index is 12.3. The van der Waals surface area contributed by atoms with E-state index in [1.807, 2.05) is 0 Å². The fourth-order valence-corrected chi connectivity index (χ4v) is 2.79. The standard InChI is InChI=1S/C15H13NO5/c17-12-7-8(15(20)21)5-6-11(12)16-13(18)9-3-1-2-4-10(9)14(16)19/h5-7,17H,1-4H2,(H,20,21)/p-1. The molecule has 0 atom stereocenters. The van der Waals surface area contributed by atoms with Gasteiger partial charge < -0.3 is 10.2 Å². The zero-order valence-electron chi connectivity index (χ0n) is 11.1. The maximum Gasteiger partial charge on any atom is 0.335 e. The fourth-order valence-electron chi connectivity index (χ4n) is 2.79. The molecule has 0 unspecified atom stereocenters. The number of anilines is 1. The van der Waals surface area contributed by atoms with Gasteiger partial charge >= 0.3 is 5.97 Å². The van der Waals surface area contributed by atoms with Crippen LogP contribution >= 0.6 is 0 Å². The Morgan fingerprint density at radius 3 is 2.14 bits per heavy atom. The average molecular weight is 286 g/mol. The van der Waals surface area contributed by atoms with Crippen molar-refractivity contribution in [2.45, 2.75) is 25.7 Å². The summed E-state index contributed by atoms with van der Waals surface area (Å²) < 4.78 is 0. The highest BCUT2D eigenvalue weighted by Gasteiger charge is 2.39. The molecule has 0 saturated carbocycles. The van der Waals surface area contributed by atoms with Gasteiger partial charge in [-0.2, -0.15) is 0 Å². The second kappa shape index (κ2) is 4.73. The SMILES string of the molecule is O=C(O)c1ccc(N2C(=O)C3=C(CCCC3)C2=O)c([O-])c1. The van der Waals surface area contributed by atoms with Gasteiger partial charge in [0, 0.05) is 16.8 Å². The summed E-state index contributed by atoms with van der Waals surface area (Å²) >= 11 is 0. The Kier molecular flexibility index (Phi) is 3.01. The first-order valence-corrected chi connectivity index (χ1v) is 6.66. The van der Waals surface area contributed by atoms with Crippen LogP contribution in [0.2, 0.25) is 0 Å². The summed E-state index contributed by atoms with van der Waals surface area (Å²) in [5, 5.41) is 20.8. The first kappa shape index (κ1) is 13.4. The van der Waals surface area contributed by atoms with Crippen LogP contribution in [-0.4, -0.2) is 22.9 Å². The number of carbonyl (C=O) groups is 3. The van der Waals surface area contributed by atoms with Gasteiger partial charge in [0.1, 0.15) is 0 Å². The van der Waals surface area contributed by atoms with E-state index < -0.39 is 23.5 Å². The number of rotatable bonds is 2. The van der Waals surface area contributed by atoms with Gasteiger partial charge in [0.05, 0.1) is 5.56 Å². The van der Waals surface area contributed by atoms with Crippen LogP contribution in [0.4, 0.5) is 5.69 Å². The summed E-state index contributed by atoms with van der Waals surface area (Å²) in [4.78, 5) is 36.3. The molecule has 1 aromatic rings. The van der Waals surface area contributed by atoms with E-state index in [2.05, 4.69) is 0 Å². The number of imide groups is 1.